The summed E-state index contributed by atoms with van der Waals surface area (Å²) in [5.41, 5.74) is 2.08. The Morgan fingerprint density at radius 2 is 2.26 bits per heavy atom. The Bertz CT molecular complexity index is 429. The van der Waals surface area contributed by atoms with Gasteiger partial charge in [-0.3, -0.25) is 4.90 Å². The van der Waals surface area contributed by atoms with Crippen molar-refractivity contribution < 1.29 is 14.6 Å². The first kappa shape index (κ1) is 15.4. The van der Waals surface area contributed by atoms with Gasteiger partial charge in [-0.25, -0.2) is 4.79 Å². The maximum atomic E-state index is 10.5. The monoisotopic (exact) mass is 263 g/mol. The van der Waals surface area contributed by atoms with Crippen LogP contribution in [0.25, 0.3) is 6.08 Å². The number of nitrogens with zero attached hydrogens (tertiary/aromatic N) is 1. The summed E-state index contributed by atoms with van der Waals surface area (Å²) in [6, 6.07) is 7.90. The van der Waals surface area contributed by atoms with E-state index >= 15 is 0 Å². The Balaban J connectivity index is 2.67. The van der Waals surface area contributed by atoms with E-state index in [1.807, 2.05) is 24.3 Å². The molecule has 1 N–H and O–H groups in total. The van der Waals surface area contributed by atoms with E-state index < -0.39 is 5.97 Å². The molecule has 0 bridgehead atoms. The van der Waals surface area contributed by atoms with Gasteiger partial charge >= 0.3 is 5.97 Å². The molecular formula is C15H21NO3. The van der Waals surface area contributed by atoms with Crippen LogP contribution >= 0.6 is 0 Å². The van der Waals surface area contributed by atoms with Gasteiger partial charge in [0.15, 0.2) is 0 Å². The van der Waals surface area contributed by atoms with Crippen LogP contribution in [0.5, 0.6) is 0 Å². The Morgan fingerprint density at radius 3 is 2.89 bits per heavy atom. The zero-order valence-corrected chi connectivity index (χ0v) is 11.5. The molecule has 0 saturated carbocycles. The van der Waals surface area contributed by atoms with Crippen LogP contribution in [0.2, 0.25) is 0 Å². The number of carbonyl (C=O) groups is 1. The number of methoxy groups -OCH3 is 1. The number of rotatable bonds is 8. The molecule has 0 aliphatic rings. The zero-order valence-electron chi connectivity index (χ0n) is 11.5. The molecule has 0 saturated heterocycles. The zero-order chi connectivity index (χ0) is 14.1. The Morgan fingerprint density at radius 1 is 1.47 bits per heavy atom. The molecule has 0 fully saturated rings. The molecule has 1 rings (SSSR count). The fourth-order valence-corrected chi connectivity index (χ4v) is 1.79. The van der Waals surface area contributed by atoms with E-state index in [0.717, 1.165) is 31.3 Å². The van der Waals surface area contributed by atoms with Gasteiger partial charge in [-0.2, -0.15) is 0 Å². The number of carboxylic acids is 1. The summed E-state index contributed by atoms with van der Waals surface area (Å²) in [6.45, 7) is 5.52. The largest absolute Gasteiger partial charge is 0.478 e. The van der Waals surface area contributed by atoms with Crippen LogP contribution < -0.4 is 0 Å². The smallest absolute Gasteiger partial charge is 0.328 e. The summed E-state index contributed by atoms with van der Waals surface area (Å²) in [7, 11) is 1.70. The number of likely N-dealkylation sites (N-methyl/N-ethyl adjacent to an activating group) is 1. The summed E-state index contributed by atoms with van der Waals surface area (Å²) in [6.07, 6.45) is 2.76. The molecule has 104 valence electrons. The normalized spacial score (nSPS) is 11.3. The summed E-state index contributed by atoms with van der Waals surface area (Å²) in [4.78, 5) is 12.8. The minimum absolute atomic E-state index is 0.715. The van der Waals surface area contributed by atoms with Crippen LogP contribution in [0.15, 0.2) is 30.3 Å². The molecule has 0 aromatic heterocycles. The minimum atomic E-state index is -0.930. The Hall–Kier alpha value is -1.65. The molecule has 0 aliphatic heterocycles. The Kier molecular flexibility index (Phi) is 6.85. The van der Waals surface area contributed by atoms with Crippen LogP contribution in [0, 0.1) is 0 Å². The topological polar surface area (TPSA) is 49.8 Å². The van der Waals surface area contributed by atoms with Crippen molar-refractivity contribution >= 4 is 12.0 Å². The lowest BCUT2D eigenvalue weighted by Crippen LogP contribution is -2.26. The third-order valence-electron chi connectivity index (χ3n) is 2.83. The fraction of sp³-hybridized carbons (Fsp3) is 0.400. The first-order chi connectivity index (χ1) is 9.15. The molecule has 1 aromatic carbocycles. The summed E-state index contributed by atoms with van der Waals surface area (Å²) in [5.74, 6) is -0.930. The highest BCUT2D eigenvalue weighted by molar-refractivity contribution is 5.85. The summed E-state index contributed by atoms with van der Waals surface area (Å²) in [5, 5.41) is 8.62. The SMILES string of the molecule is CCN(CCOC)Cc1cccc(/C=C/C(=O)O)c1. The van der Waals surface area contributed by atoms with E-state index in [2.05, 4.69) is 11.8 Å². The summed E-state index contributed by atoms with van der Waals surface area (Å²) >= 11 is 0. The van der Waals surface area contributed by atoms with Gasteiger partial charge in [-0.05, 0) is 23.7 Å². The van der Waals surface area contributed by atoms with E-state index in [0.29, 0.717) is 6.61 Å². The fourth-order valence-electron chi connectivity index (χ4n) is 1.79. The van der Waals surface area contributed by atoms with E-state index in [4.69, 9.17) is 9.84 Å². The third kappa shape index (κ3) is 6.18. The first-order valence-corrected chi connectivity index (χ1v) is 6.37. The second kappa shape index (κ2) is 8.45. The minimum Gasteiger partial charge on any atom is -0.478 e. The average Bonchev–Trinajstić information content (AvgIpc) is 2.41. The number of hydrogen-bond acceptors (Lipinski definition) is 3. The van der Waals surface area contributed by atoms with Crippen molar-refractivity contribution in [3.63, 3.8) is 0 Å². The number of aliphatic carboxylic acids is 1. The van der Waals surface area contributed by atoms with Crippen molar-refractivity contribution in [1.82, 2.24) is 4.90 Å². The average molecular weight is 263 g/mol. The molecule has 0 heterocycles. The van der Waals surface area contributed by atoms with E-state index in [9.17, 15) is 4.79 Å². The second-order valence-electron chi connectivity index (χ2n) is 4.28. The van der Waals surface area contributed by atoms with E-state index in [1.165, 1.54) is 5.56 Å². The van der Waals surface area contributed by atoms with Gasteiger partial charge in [-0.1, -0.05) is 31.2 Å². The van der Waals surface area contributed by atoms with Crippen LogP contribution in [0.1, 0.15) is 18.1 Å². The number of carboxylic acid groups (broad SMARTS) is 1. The highest BCUT2D eigenvalue weighted by Gasteiger charge is 2.03. The maximum Gasteiger partial charge on any atom is 0.328 e. The lowest BCUT2D eigenvalue weighted by atomic mass is 10.1. The summed E-state index contributed by atoms with van der Waals surface area (Å²) < 4.78 is 5.08. The van der Waals surface area contributed by atoms with Crippen LogP contribution in [0.3, 0.4) is 0 Å². The molecule has 19 heavy (non-hydrogen) atoms. The second-order valence-corrected chi connectivity index (χ2v) is 4.28. The van der Waals surface area contributed by atoms with Gasteiger partial charge in [-0.15, -0.1) is 0 Å². The van der Waals surface area contributed by atoms with Gasteiger partial charge in [0.25, 0.3) is 0 Å². The Labute approximate surface area is 114 Å². The molecule has 0 amide bonds. The quantitative estimate of drug-likeness (QED) is 0.731. The van der Waals surface area contributed by atoms with E-state index in [-0.39, 0.29) is 0 Å². The number of hydrogen-bond donors (Lipinski definition) is 1. The first-order valence-electron chi connectivity index (χ1n) is 6.37. The van der Waals surface area contributed by atoms with Crippen molar-refractivity contribution in [1.29, 1.82) is 0 Å². The lowest BCUT2D eigenvalue weighted by Gasteiger charge is -2.20. The molecule has 0 unspecified atom stereocenters. The molecular weight excluding hydrogens is 242 g/mol. The molecule has 0 aliphatic carbocycles. The predicted octanol–water partition coefficient (Wildman–Crippen LogP) is 2.25. The molecule has 4 heteroatoms. The van der Waals surface area contributed by atoms with Gasteiger partial charge in [0.2, 0.25) is 0 Å². The van der Waals surface area contributed by atoms with E-state index in [1.54, 1.807) is 13.2 Å². The van der Waals surface area contributed by atoms with Gasteiger partial charge in [0.1, 0.15) is 0 Å². The van der Waals surface area contributed by atoms with Crippen molar-refractivity contribution in [3.8, 4) is 0 Å². The lowest BCUT2D eigenvalue weighted by molar-refractivity contribution is -0.131. The van der Waals surface area contributed by atoms with Crippen LogP contribution in [0.4, 0.5) is 0 Å². The van der Waals surface area contributed by atoms with Crippen molar-refractivity contribution in [2.75, 3.05) is 26.8 Å². The van der Waals surface area contributed by atoms with Crippen molar-refractivity contribution in [3.05, 3.63) is 41.5 Å². The third-order valence-corrected chi connectivity index (χ3v) is 2.83. The van der Waals surface area contributed by atoms with Gasteiger partial charge in [0, 0.05) is 26.3 Å². The highest BCUT2D eigenvalue weighted by Crippen LogP contribution is 2.10. The van der Waals surface area contributed by atoms with Gasteiger partial charge < -0.3 is 9.84 Å². The molecule has 0 atom stereocenters. The molecule has 0 radical (unpaired) electrons. The standard InChI is InChI=1S/C15H21NO3/c1-3-16(9-10-19-2)12-14-6-4-5-13(11-14)7-8-15(17)18/h4-8,11H,3,9-10,12H2,1-2H3,(H,17,18)/b8-7+. The van der Waals surface area contributed by atoms with Crippen LogP contribution in [-0.2, 0) is 16.1 Å². The maximum absolute atomic E-state index is 10.5. The molecule has 4 nitrogen and oxygen atoms in total. The number of benzene rings is 1. The number of ether oxygens (including phenoxy) is 1. The predicted molar refractivity (Wildman–Crippen MR) is 75.9 cm³/mol. The molecule has 0 spiro atoms. The van der Waals surface area contributed by atoms with Crippen molar-refractivity contribution in [2.45, 2.75) is 13.5 Å². The van der Waals surface area contributed by atoms with Gasteiger partial charge in [0.05, 0.1) is 6.61 Å². The van der Waals surface area contributed by atoms with Crippen LogP contribution in [-0.4, -0.2) is 42.8 Å². The highest BCUT2D eigenvalue weighted by atomic mass is 16.5. The van der Waals surface area contributed by atoms with Crippen molar-refractivity contribution in [2.24, 2.45) is 0 Å². The molecule has 1 aromatic rings.